The molecule has 0 unspecified atom stereocenters. The van der Waals surface area contributed by atoms with Gasteiger partial charge >= 0.3 is 0 Å². The molecule has 3 aliphatic rings. The number of rotatable bonds is 7. The fourth-order valence-electron chi connectivity index (χ4n) is 5.89. The Balaban J connectivity index is 1.23. The molecule has 1 N–H and O–H groups in total. The minimum Gasteiger partial charge on any atom is -0.379 e. The van der Waals surface area contributed by atoms with Gasteiger partial charge in [0.05, 0.1) is 23.7 Å². The second-order valence-electron chi connectivity index (χ2n) is 11.0. The molecule has 2 saturated heterocycles. The summed E-state index contributed by atoms with van der Waals surface area (Å²) >= 11 is 1.48. The topological polar surface area (TPSA) is 99.3 Å². The van der Waals surface area contributed by atoms with Crippen molar-refractivity contribution in [1.29, 1.82) is 0 Å². The molecule has 0 aliphatic carbocycles. The third-order valence-corrected chi connectivity index (χ3v) is 11.2. The van der Waals surface area contributed by atoms with E-state index >= 15 is 0 Å². The van der Waals surface area contributed by atoms with E-state index in [0.717, 1.165) is 68.8 Å². The van der Waals surface area contributed by atoms with Crippen molar-refractivity contribution < 1.29 is 22.7 Å². The molecule has 0 bridgehead atoms. The van der Waals surface area contributed by atoms with E-state index in [1.54, 1.807) is 0 Å². The minimum absolute atomic E-state index is 0.00837. The molecular formula is C31H36N4O5S2. The van der Waals surface area contributed by atoms with Crippen LogP contribution < -0.4 is 5.32 Å². The third kappa shape index (κ3) is 6.16. The van der Waals surface area contributed by atoms with E-state index in [1.807, 2.05) is 23.1 Å². The van der Waals surface area contributed by atoms with Gasteiger partial charge in [0.1, 0.15) is 5.00 Å². The first kappa shape index (κ1) is 29.0. The largest absolute Gasteiger partial charge is 0.379 e. The maximum absolute atomic E-state index is 13.8. The lowest BCUT2D eigenvalue weighted by atomic mass is 10.00. The summed E-state index contributed by atoms with van der Waals surface area (Å²) in [7, 11) is -3.66. The molecule has 42 heavy (non-hydrogen) atoms. The van der Waals surface area contributed by atoms with E-state index < -0.39 is 10.0 Å². The molecule has 1 aromatic heterocycles. The van der Waals surface area contributed by atoms with Gasteiger partial charge < -0.3 is 15.0 Å². The second-order valence-corrected chi connectivity index (χ2v) is 14.0. The molecule has 6 rings (SSSR count). The molecule has 0 atom stereocenters. The van der Waals surface area contributed by atoms with Crippen molar-refractivity contribution in [2.24, 2.45) is 0 Å². The Morgan fingerprint density at radius 3 is 2.31 bits per heavy atom. The number of hydrogen-bond donors (Lipinski definition) is 1. The molecule has 4 heterocycles. The lowest BCUT2D eigenvalue weighted by molar-refractivity contribution is 0.0723. The molecule has 0 spiro atoms. The van der Waals surface area contributed by atoms with Gasteiger partial charge in [-0.2, -0.15) is 4.31 Å². The van der Waals surface area contributed by atoms with Crippen molar-refractivity contribution in [3.8, 4) is 0 Å². The fourth-order valence-corrected chi connectivity index (χ4v) is 8.58. The van der Waals surface area contributed by atoms with Crippen LogP contribution in [0.25, 0.3) is 0 Å². The summed E-state index contributed by atoms with van der Waals surface area (Å²) < 4.78 is 32.7. The maximum Gasteiger partial charge on any atom is 0.257 e. The van der Waals surface area contributed by atoms with Gasteiger partial charge in [0, 0.05) is 56.3 Å². The van der Waals surface area contributed by atoms with Crippen molar-refractivity contribution in [3.63, 3.8) is 0 Å². The van der Waals surface area contributed by atoms with Crippen LogP contribution in [-0.4, -0.2) is 80.3 Å². The van der Waals surface area contributed by atoms with E-state index in [2.05, 4.69) is 22.3 Å². The summed E-state index contributed by atoms with van der Waals surface area (Å²) in [6.45, 7) is 5.21. The van der Waals surface area contributed by atoms with Gasteiger partial charge in [0.25, 0.3) is 11.8 Å². The molecular weight excluding hydrogens is 572 g/mol. The number of sulfonamides is 1. The summed E-state index contributed by atoms with van der Waals surface area (Å²) in [5, 5.41) is 3.60. The summed E-state index contributed by atoms with van der Waals surface area (Å²) in [6, 6.07) is 16.4. The smallest absolute Gasteiger partial charge is 0.257 e. The van der Waals surface area contributed by atoms with Crippen LogP contribution in [0.5, 0.6) is 0 Å². The van der Waals surface area contributed by atoms with Gasteiger partial charge in [0.2, 0.25) is 10.0 Å². The predicted octanol–water partition coefficient (Wildman–Crippen LogP) is 4.21. The molecule has 2 aromatic carbocycles. The molecule has 0 radical (unpaired) electrons. The zero-order chi connectivity index (χ0) is 29.1. The van der Waals surface area contributed by atoms with Gasteiger partial charge in [-0.3, -0.25) is 14.5 Å². The molecule has 2 fully saturated rings. The minimum atomic E-state index is -3.66. The normalized spacial score (nSPS) is 18.4. The standard InChI is InChI=1S/C31H36N4O5S2/c36-29(24-9-11-25(12-10-24)42(38,39)35-17-19-40-20-18-35)32-30-28(31(37)34-14-5-2-6-15-34)26-13-16-33(22-27(26)41-30)21-23-7-3-1-4-8-23/h1,3-4,7-12H,2,5-6,13-22H2,(H,32,36). The number of fused-ring (bicyclic) bond motifs is 1. The Labute approximate surface area is 251 Å². The molecule has 0 saturated carbocycles. The lowest BCUT2D eigenvalue weighted by Crippen LogP contribution is -2.40. The van der Waals surface area contributed by atoms with Crippen molar-refractivity contribution in [1.82, 2.24) is 14.1 Å². The molecule has 3 aromatic rings. The summed E-state index contributed by atoms with van der Waals surface area (Å²) in [4.78, 5) is 32.8. The first-order chi connectivity index (χ1) is 20.4. The number of amides is 2. The summed E-state index contributed by atoms with van der Waals surface area (Å²) in [6.07, 6.45) is 3.85. The van der Waals surface area contributed by atoms with Crippen molar-refractivity contribution in [2.45, 2.75) is 43.7 Å². The lowest BCUT2D eigenvalue weighted by Gasteiger charge is -2.29. The SMILES string of the molecule is O=C(Nc1sc2c(c1C(=O)N1CCCCC1)CCN(Cc1ccccc1)C2)c1ccc(S(=O)(=O)N2CCOCC2)cc1. The van der Waals surface area contributed by atoms with E-state index in [1.165, 1.54) is 45.5 Å². The number of carbonyl (C=O) groups excluding carboxylic acids is 2. The number of benzene rings is 2. The van der Waals surface area contributed by atoms with E-state index in [-0.39, 0.29) is 16.7 Å². The molecule has 3 aliphatic heterocycles. The Morgan fingerprint density at radius 1 is 0.881 bits per heavy atom. The van der Waals surface area contributed by atoms with E-state index in [0.29, 0.717) is 42.4 Å². The highest BCUT2D eigenvalue weighted by Crippen LogP contribution is 2.39. The number of morpholine rings is 1. The number of piperidine rings is 1. The van der Waals surface area contributed by atoms with Crippen LogP contribution in [0.1, 0.15) is 56.0 Å². The van der Waals surface area contributed by atoms with Crippen molar-refractivity contribution >= 4 is 38.2 Å². The number of thiophene rings is 1. The molecule has 2 amide bonds. The van der Waals surface area contributed by atoms with Gasteiger partial charge in [-0.15, -0.1) is 11.3 Å². The Morgan fingerprint density at radius 2 is 1.60 bits per heavy atom. The van der Waals surface area contributed by atoms with Crippen LogP contribution in [-0.2, 0) is 34.3 Å². The van der Waals surface area contributed by atoms with Gasteiger partial charge in [-0.1, -0.05) is 30.3 Å². The predicted molar refractivity (Wildman–Crippen MR) is 162 cm³/mol. The Kier molecular flexibility index (Phi) is 8.73. The first-order valence-electron chi connectivity index (χ1n) is 14.6. The van der Waals surface area contributed by atoms with Crippen LogP contribution in [0.3, 0.4) is 0 Å². The average Bonchev–Trinajstić information content (AvgIpc) is 3.39. The first-order valence-corrected chi connectivity index (χ1v) is 16.9. The Bertz CT molecular complexity index is 1530. The molecule has 11 heteroatoms. The number of nitrogens with one attached hydrogen (secondary N) is 1. The zero-order valence-electron chi connectivity index (χ0n) is 23.6. The summed E-state index contributed by atoms with van der Waals surface area (Å²) in [5.74, 6) is -0.372. The molecule has 222 valence electrons. The van der Waals surface area contributed by atoms with Crippen molar-refractivity contribution in [3.05, 3.63) is 81.7 Å². The van der Waals surface area contributed by atoms with E-state index in [4.69, 9.17) is 4.74 Å². The van der Waals surface area contributed by atoms with Crippen molar-refractivity contribution in [2.75, 3.05) is 51.3 Å². The Hall–Kier alpha value is -3.09. The van der Waals surface area contributed by atoms with Crippen LogP contribution in [0.2, 0.25) is 0 Å². The van der Waals surface area contributed by atoms with Crippen LogP contribution >= 0.6 is 11.3 Å². The quantitative estimate of drug-likeness (QED) is 0.432. The van der Waals surface area contributed by atoms with Crippen LogP contribution in [0, 0.1) is 0 Å². The van der Waals surface area contributed by atoms with Gasteiger partial charge in [0.15, 0.2) is 0 Å². The number of hydrogen-bond acceptors (Lipinski definition) is 7. The second kappa shape index (κ2) is 12.6. The number of carbonyl (C=O) groups is 2. The van der Waals surface area contributed by atoms with Gasteiger partial charge in [-0.25, -0.2) is 8.42 Å². The van der Waals surface area contributed by atoms with E-state index in [9.17, 15) is 18.0 Å². The molecule has 9 nitrogen and oxygen atoms in total. The monoisotopic (exact) mass is 608 g/mol. The summed E-state index contributed by atoms with van der Waals surface area (Å²) in [5.41, 5.74) is 3.25. The third-order valence-electron chi connectivity index (χ3n) is 8.19. The van der Waals surface area contributed by atoms with Crippen LogP contribution in [0.15, 0.2) is 59.5 Å². The zero-order valence-corrected chi connectivity index (χ0v) is 25.2. The number of nitrogens with zero attached hydrogens (tertiary/aromatic N) is 3. The number of likely N-dealkylation sites (tertiary alicyclic amines) is 1. The maximum atomic E-state index is 13.8. The van der Waals surface area contributed by atoms with Crippen LogP contribution in [0.4, 0.5) is 5.00 Å². The van der Waals surface area contributed by atoms with Gasteiger partial charge in [-0.05, 0) is 61.1 Å². The fraction of sp³-hybridized carbons (Fsp3) is 0.419. The highest BCUT2D eigenvalue weighted by molar-refractivity contribution is 7.89. The average molecular weight is 609 g/mol. The number of anilines is 1. The highest BCUT2D eigenvalue weighted by atomic mass is 32.2. The highest BCUT2D eigenvalue weighted by Gasteiger charge is 2.32. The number of ether oxygens (including phenoxy) is 1.